The standard InChI is InChI=1S/C9H18N2O3S/c12-8-9-4-3-7-11(9)15(13,14)10-5-1-2-6-10/h9,12H,1-8H2/t9-/m1/s1. The molecule has 0 aromatic heterocycles. The molecule has 0 bridgehead atoms. The van der Waals surface area contributed by atoms with E-state index in [4.69, 9.17) is 5.11 Å². The SMILES string of the molecule is O=S(=O)(N1CCCC1)N1CCC[C@@H]1CO. The van der Waals surface area contributed by atoms with Crippen molar-refractivity contribution in [3.05, 3.63) is 0 Å². The van der Waals surface area contributed by atoms with Gasteiger partial charge in [-0.15, -0.1) is 0 Å². The highest BCUT2D eigenvalue weighted by atomic mass is 32.2. The molecule has 0 spiro atoms. The van der Waals surface area contributed by atoms with Gasteiger partial charge in [-0.1, -0.05) is 0 Å². The van der Waals surface area contributed by atoms with Crippen LogP contribution in [0.25, 0.3) is 0 Å². The highest BCUT2D eigenvalue weighted by molar-refractivity contribution is 7.86. The van der Waals surface area contributed by atoms with Crippen LogP contribution in [-0.2, 0) is 10.2 Å². The average molecular weight is 234 g/mol. The van der Waals surface area contributed by atoms with E-state index in [9.17, 15) is 8.42 Å². The lowest BCUT2D eigenvalue weighted by Crippen LogP contribution is -2.45. The first-order valence-corrected chi connectivity index (χ1v) is 6.94. The summed E-state index contributed by atoms with van der Waals surface area (Å²) in [6.07, 6.45) is 3.55. The monoisotopic (exact) mass is 234 g/mol. The quantitative estimate of drug-likeness (QED) is 0.734. The molecule has 1 N–H and O–H groups in total. The zero-order chi connectivity index (χ0) is 10.9. The second kappa shape index (κ2) is 4.37. The summed E-state index contributed by atoms with van der Waals surface area (Å²) in [6, 6.07) is -0.199. The van der Waals surface area contributed by atoms with Crippen LogP contribution in [-0.4, -0.2) is 54.4 Å². The van der Waals surface area contributed by atoms with Crippen molar-refractivity contribution in [2.45, 2.75) is 31.7 Å². The maximum atomic E-state index is 12.1. The minimum atomic E-state index is -3.29. The van der Waals surface area contributed by atoms with E-state index in [1.54, 1.807) is 4.31 Å². The first-order valence-electron chi connectivity index (χ1n) is 5.54. The average Bonchev–Trinajstić information content (AvgIpc) is 2.89. The van der Waals surface area contributed by atoms with Crippen molar-refractivity contribution in [3.8, 4) is 0 Å². The van der Waals surface area contributed by atoms with Gasteiger partial charge >= 0.3 is 0 Å². The smallest absolute Gasteiger partial charge is 0.282 e. The van der Waals surface area contributed by atoms with E-state index in [2.05, 4.69) is 0 Å². The van der Waals surface area contributed by atoms with Gasteiger partial charge in [0.15, 0.2) is 0 Å². The van der Waals surface area contributed by atoms with E-state index in [1.165, 1.54) is 4.31 Å². The van der Waals surface area contributed by atoms with Crippen LogP contribution < -0.4 is 0 Å². The number of hydrogen-bond donors (Lipinski definition) is 1. The molecule has 0 aliphatic carbocycles. The Bertz CT molecular complexity index is 311. The Morgan fingerprint density at radius 1 is 1.13 bits per heavy atom. The summed E-state index contributed by atoms with van der Waals surface area (Å²) in [4.78, 5) is 0. The van der Waals surface area contributed by atoms with Crippen molar-refractivity contribution >= 4 is 10.2 Å². The summed E-state index contributed by atoms with van der Waals surface area (Å²) in [7, 11) is -3.29. The lowest BCUT2D eigenvalue weighted by molar-refractivity contribution is 0.207. The fourth-order valence-corrected chi connectivity index (χ4v) is 4.29. The van der Waals surface area contributed by atoms with Crippen LogP contribution in [0, 0.1) is 0 Å². The molecule has 2 heterocycles. The van der Waals surface area contributed by atoms with Gasteiger partial charge in [0, 0.05) is 25.7 Å². The lowest BCUT2D eigenvalue weighted by Gasteiger charge is -2.27. The Morgan fingerprint density at radius 2 is 1.80 bits per heavy atom. The summed E-state index contributed by atoms with van der Waals surface area (Å²) < 4.78 is 27.3. The summed E-state index contributed by atoms with van der Waals surface area (Å²) in [5.41, 5.74) is 0. The van der Waals surface area contributed by atoms with Crippen LogP contribution in [0.3, 0.4) is 0 Å². The van der Waals surface area contributed by atoms with E-state index in [0.29, 0.717) is 19.6 Å². The highest BCUT2D eigenvalue weighted by Gasteiger charge is 2.38. The van der Waals surface area contributed by atoms with Crippen molar-refractivity contribution in [2.24, 2.45) is 0 Å². The second-order valence-electron chi connectivity index (χ2n) is 4.20. The van der Waals surface area contributed by atoms with Gasteiger partial charge in [0.25, 0.3) is 10.2 Å². The third kappa shape index (κ3) is 2.04. The summed E-state index contributed by atoms with van der Waals surface area (Å²) in [5, 5.41) is 9.12. The van der Waals surface area contributed by atoms with Gasteiger partial charge in [0.05, 0.1) is 6.61 Å². The molecule has 2 aliphatic heterocycles. The topological polar surface area (TPSA) is 60.9 Å². The van der Waals surface area contributed by atoms with Crippen LogP contribution in [0.1, 0.15) is 25.7 Å². The van der Waals surface area contributed by atoms with Crippen LogP contribution in [0.2, 0.25) is 0 Å². The number of nitrogens with zero attached hydrogens (tertiary/aromatic N) is 2. The maximum Gasteiger partial charge on any atom is 0.282 e. The molecule has 5 nitrogen and oxygen atoms in total. The molecule has 0 amide bonds. The highest BCUT2D eigenvalue weighted by Crippen LogP contribution is 2.25. The molecule has 88 valence electrons. The third-order valence-electron chi connectivity index (χ3n) is 3.22. The van der Waals surface area contributed by atoms with E-state index in [1.807, 2.05) is 0 Å². The summed E-state index contributed by atoms with van der Waals surface area (Å²) in [6.45, 7) is 1.77. The molecule has 2 rings (SSSR count). The van der Waals surface area contributed by atoms with Gasteiger partial charge in [-0.05, 0) is 25.7 Å². The number of aliphatic hydroxyl groups excluding tert-OH is 1. The van der Waals surface area contributed by atoms with Gasteiger partial charge in [0.2, 0.25) is 0 Å². The molecule has 2 saturated heterocycles. The Hall–Kier alpha value is -0.170. The van der Waals surface area contributed by atoms with E-state index in [-0.39, 0.29) is 12.6 Å². The number of rotatable bonds is 3. The molecule has 0 unspecified atom stereocenters. The van der Waals surface area contributed by atoms with Crippen LogP contribution in [0.5, 0.6) is 0 Å². The van der Waals surface area contributed by atoms with Crippen LogP contribution in [0.4, 0.5) is 0 Å². The molecule has 2 aliphatic rings. The van der Waals surface area contributed by atoms with E-state index < -0.39 is 10.2 Å². The summed E-state index contributed by atoms with van der Waals surface area (Å²) in [5.74, 6) is 0. The molecular formula is C9H18N2O3S. The molecule has 0 aromatic carbocycles. The Labute approximate surface area is 90.9 Å². The molecule has 0 saturated carbocycles. The number of hydrogen-bond acceptors (Lipinski definition) is 3. The zero-order valence-electron chi connectivity index (χ0n) is 8.80. The molecular weight excluding hydrogens is 216 g/mol. The van der Waals surface area contributed by atoms with Crippen molar-refractivity contribution in [2.75, 3.05) is 26.2 Å². The Morgan fingerprint density at radius 3 is 2.40 bits per heavy atom. The fourth-order valence-electron chi connectivity index (χ4n) is 2.36. The van der Waals surface area contributed by atoms with Crippen LogP contribution >= 0.6 is 0 Å². The molecule has 15 heavy (non-hydrogen) atoms. The molecule has 0 radical (unpaired) electrons. The molecule has 1 atom stereocenters. The minimum Gasteiger partial charge on any atom is -0.395 e. The van der Waals surface area contributed by atoms with Crippen molar-refractivity contribution < 1.29 is 13.5 Å². The van der Waals surface area contributed by atoms with E-state index >= 15 is 0 Å². The zero-order valence-corrected chi connectivity index (χ0v) is 9.62. The second-order valence-corrected chi connectivity index (χ2v) is 6.08. The van der Waals surface area contributed by atoms with Gasteiger partial charge in [-0.3, -0.25) is 0 Å². The van der Waals surface area contributed by atoms with Crippen molar-refractivity contribution in [1.29, 1.82) is 0 Å². The van der Waals surface area contributed by atoms with Crippen molar-refractivity contribution in [1.82, 2.24) is 8.61 Å². The fraction of sp³-hybridized carbons (Fsp3) is 1.00. The lowest BCUT2D eigenvalue weighted by atomic mass is 10.2. The van der Waals surface area contributed by atoms with Gasteiger partial charge in [-0.2, -0.15) is 17.0 Å². The van der Waals surface area contributed by atoms with Gasteiger partial charge < -0.3 is 5.11 Å². The first-order chi connectivity index (χ1) is 7.16. The predicted molar refractivity (Wildman–Crippen MR) is 56.5 cm³/mol. The van der Waals surface area contributed by atoms with Crippen molar-refractivity contribution in [3.63, 3.8) is 0 Å². The van der Waals surface area contributed by atoms with Crippen LogP contribution in [0.15, 0.2) is 0 Å². The predicted octanol–water partition coefficient (Wildman–Crippen LogP) is -0.216. The van der Waals surface area contributed by atoms with E-state index in [0.717, 1.165) is 25.7 Å². The normalized spacial score (nSPS) is 30.1. The van der Waals surface area contributed by atoms with Gasteiger partial charge in [0.1, 0.15) is 0 Å². The minimum absolute atomic E-state index is 0.0624. The number of aliphatic hydroxyl groups is 1. The van der Waals surface area contributed by atoms with Gasteiger partial charge in [-0.25, -0.2) is 0 Å². The molecule has 0 aromatic rings. The largest absolute Gasteiger partial charge is 0.395 e. The first kappa shape index (κ1) is 11.3. The molecule has 2 fully saturated rings. The molecule has 6 heteroatoms. The summed E-state index contributed by atoms with van der Waals surface area (Å²) >= 11 is 0. The maximum absolute atomic E-state index is 12.1. The third-order valence-corrected chi connectivity index (χ3v) is 5.31. The Kier molecular flexibility index (Phi) is 3.30. The Balaban J connectivity index is 2.13.